The van der Waals surface area contributed by atoms with E-state index in [2.05, 4.69) is 15.4 Å². The predicted molar refractivity (Wildman–Crippen MR) is 99.4 cm³/mol. The predicted octanol–water partition coefficient (Wildman–Crippen LogP) is 1.55. The van der Waals surface area contributed by atoms with Gasteiger partial charge in [-0.15, -0.1) is 0 Å². The molecule has 0 atom stereocenters. The Morgan fingerprint density at radius 1 is 1.22 bits per heavy atom. The largest absolute Gasteiger partial charge is 0.506 e. The van der Waals surface area contributed by atoms with Gasteiger partial charge in [0.15, 0.2) is 5.65 Å². The number of rotatable bonds is 4. The molecule has 3 rings (SSSR count). The fourth-order valence-electron chi connectivity index (χ4n) is 2.61. The molecule has 0 bridgehead atoms. The van der Waals surface area contributed by atoms with Crippen LogP contribution in [0.25, 0.3) is 5.65 Å². The molecular formula is C17H19N5O4S. The highest BCUT2D eigenvalue weighted by Gasteiger charge is 2.21. The number of aryl methyl sites for hydroxylation is 2. The second kappa shape index (κ2) is 6.63. The first kappa shape index (κ1) is 18.8. The number of hydrogen-bond acceptors (Lipinski definition) is 6. The van der Waals surface area contributed by atoms with Crippen molar-refractivity contribution in [2.45, 2.75) is 18.7 Å². The van der Waals surface area contributed by atoms with Crippen LogP contribution in [0.2, 0.25) is 0 Å². The summed E-state index contributed by atoms with van der Waals surface area (Å²) >= 11 is 0. The lowest BCUT2D eigenvalue weighted by molar-refractivity contribution is 0.102. The first-order valence-corrected chi connectivity index (χ1v) is 9.44. The van der Waals surface area contributed by atoms with Crippen molar-refractivity contribution in [3.05, 3.63) is 47.4 Å². The molecule has 27 heavy (non-hydrogen) atoms. The zero-order valence-corrected chi connectivity index (χ0v) is 16.1. The number of aromatic hydroxyl groups is 1. The van der Waals surface area contributed by atoms with Crippen LogP contribution in [-0.2, 0) is 10.0 Å². The summed E-state index contributed by atoms with van der Waals surface area (Å²) in [6.45, 7) is 3.65. The first-order chi connectivity index (χ1) is 12.6. The van der Waals surface area contributed by atoms with Gasteiger partial charge >= 0.3 is 0 Å². The van der Waals surface area contributed by atoms with Crippen molar-refractivity contribution in [1.82, 2.24) is 18.9 Å². The minimum absolute atomic E-state index is 0.0216. The third-order valence-electron chi connectivity index (χ3n) is 4.02. The quantitative estimate of drug-likeness (QED) is 0.654. The Hall–Kier alpha value is -2.98. The number of nitrogens with one attached hydrogen (secondary N) is 1. The maximum Gasteiger partial charge on any atom is 0.261 e. The van der Waals surface area contributed by atoms with Gasteiger partial charge in [0, 0.05) is 25.5 Å². The normalized spacial score (nSPS) is 11.9. The zero-order chi connectivity index (χ0) is 19.9. The molecule has 0 unspecified atom stereocenters. The van der Waals surface area contributed by atoms with E-state index in [1.807, 2.05) is 19.9 Å². The van der Waals surface area contributed by atoms with Crippen molar-refractivity contribution in [2.75, 3.05) is 19.4 Å². The molecule has 1 amide bonds. The highest BCUT2D eigenvalue weighted by Crippen LogP contribution is 2.28. The summed E-state index contributed by atoms with van der Waals surface area (Å²) in [6.07, 6.45) is 1.38. The number of amides is 1. The lowest BCUT2D eigenvalue weighted by Crippen LogP contribution is -2.22. The number of aromatic nitrogens is 3. The Balaban J connectivity index is 2.00. The zero-order valence-electron chi connectivity index (χ0n) is 15.3. The third kappa shape index (κ3) is 3.36. The van der Waals surface area contributed by atoms with Crippen LogP contribution in [0, 0.1) is 13.8 Å². The van der Waals surface area contributed by atoms with Crippen molar-refractivity contribution in [1.29, 1.82) is 0 Å². The lowest BCUT2D eigenvalue weighted by atomic mass is 10.2. The monoisotopic (exact) mass is 389 g/mol. The van der Waals surface area contributed by atoms with E-state index < -0.39 is 15.9 Å². The van der Waals surface area contributed by atoms with Gasteiger partial charge in [-0.25, -0.2) is 22.2 Å². The smallest absolute Gasteiger partial charge is 0.261 e. The van der Waals surface area contributed by atoms with Gasteiger partial charge in [0.1, 0.15) is 11.3 Å². The first-order valence-electron chi connectivity index (χ1n) is 8.00. The molecule has 0 spiro atoms. The molecule has 0 aliphatic carbocycles. The SMILES string of the molecule is Cc1cc(C)n2ncc(C(=O)Nc3cc(S(=O)(=O)N(C)C)ccc3O)c2n1. The molecular weight excluding hydrogens is 370 g/mol. The molecule has 3 aromatic rings. The van der Waals surface area contributed by atoms with Crippen LogP contribution < -0.4 is 5.32 Å². The minimum Gasteiger partial charge on any atom is -0.506 e. The molecule has 0 aliphatic rings. The van der Waals surface area contributed by atoms with E-state index in [9.17, 15) is 18.3 Å². The standard InChI is InChI=1S/C17H19N5O4S/c1-10-7-11(2)22-16(19-10)13(9-18-22)17(24)20-14-8-12(5-6-15(14)23)27(25,26)21(3)4/h5-9,23H,1-4H3,(H,20,24). The van der Waals surface area contributed by atoms with Gasteiger partial charge in [0.05, 0.1) is 16.8 Å². The van der Waals surface area contributed by atoms with E-state index in [0.29, 0.717) is 5.65 Å². The van der Waals surface area contributed by atoms with Gasteiger partial charge in [-0.3, -0.25) is 4.79 Å². The average molecular weight is 389 g/mol. The van der Waals surface area contributed by atoms with Crippen molar-refractivity contribution >= 4 is 27.3 Å². The topological polar surface area (TPSA) is 117 Å². The van der Waals surface area contributed by atoms with Crippen LogP contribution in [0.15, 0.2) is 35.4 Å². The number of fused-ring (bicyclic) bond motifs is 1. The third-order valence-corrected chi connectivity index (χ3v) is 5.83. The van der Waals surface area contributed by atoms with Crippen LogP contribution >= 0.6 is 0 Å². The Kier molecular flexibility index (Phi) is 4.62. The fourth-order valence-corrected chi connectivity index (χ4v) is 3.54. The van der Waals surface area contributed by atoms with Crippen molar-refractivity contribution in [2.24, 2.45) is 0 Å². The molecule has 0 saturated heterocycles. The van der Waals surface area contributed by atoms with Gasteiger partial charge < -0.3 is 10.4 Å². The van der Waals surface area contributed by atoms with Crippen LogP contribution in [-0.4, -0.2) is 52.4 Å². The second-order valence-electron chi connectivity index (χ2n) is 6.25. The molecule has 2 N–H and O–H groups in total. The Morgan fingerprint density at radius 3 is 2.59 bits per heavy atom. The van der Waals surface area contributed by atoms with Crippen LogP contribution in [0.1, 0.15) is 21.7 Å². The summed E-state index contributed by atoms with van der Waals surface area (Å²) in [5.74, 6) is -0.810. The lowest BCUT2D eigenvalue weighted by Gasteiger charge is -2.13. The number of sulfonamides is 1. The van der Waals surface area contributed by atoms with E-state index in [4.69, 9.17) is 0 Å². The van der Waals surface area contributed by atoms with Gasteiger partial charge in [-0.1, -0.05) is 0 Å². The fraction of sp³-hybridized carbons (Fsp3) is 0.235. The van der Waals surface area contributed by atoms with Crippen LogP contribution in [0.4, 0.5) is 5.69 Å². The van der Waals surface area contributed by atoms with E-state index in [1.54, 1.807) is 0 Å². The maximum atomic E-state index is 12.7. The summed E-state index contributed by atoms with van der Waals surface area (Å²) in [5, 5.41) is 16.7. The number of benzene rings is 1. The minimum atomic E-state index is -3.71. The van der Waals surface area contributed by atoms with Crippen molar-refractivity contribution in [3.63, 3.8) is 0 Å². The highest BCUT2D eigenvalue weighted by atomic mass is 32.2. The van der Waals surface area contributed by atoms with E-state index in [0.717, 1.165) is 15.7 Å². The van der Waals surface area contributed by atoms with Gasteiger partial charge in [-0.05, 0) is 38.1 Å². The number of carbonyl (C=O) groups is 1. The molecule has 142 valence electrons. The molecule has 0 radical (unpaired) electrons. The van der Waals surface area contributed by atoms with Gasteiger partial charge in [0.2, 0.25) is 10.0 Å². The summed E-state index contributed by atoms with van der Waals surface area (Å²) in [5.41, 5.74) is 2.12. The van der Waals surface area contributed by atoms with Crippen molar-refractivity contribution < 1.29 is 18.3 Å². The molecule has 0 aliphatic heterocycles. The molecule has 9 nitrogen and oxygen atoms in total. The highest BCUT2D eigenvalue weighted by molar-refractivity contribution is 7.89. The number of hydrogen-bond donors (Lipinski definition) is 2. The Labute approximate surface area is 156 Å². The summed E-state index contributed by atoms with van der Waals surface area (Å²) in [7, 11) is -0.912. The molecule has 10 heteroatoms. The number of phenols is 1. The molecule has 1 aromatic carbocycles. The van der Waals surface area contributed by atoms with E-state index in [1.165, 1.54) is 43.0 Å². The number of carbonyl (C=O) groups excluding carboxylic acids is 1. The summed E-state index contributed by atoms with van der Waals surface area (Å²) in [4.78, 5) is 17.0. The Morgan fingerprint density at radius 2 is 1.93 bits per heavy atom. The second-order valence-corrected chi connectivity index (χ2v) is 8.40. The molecule has 0 fully saturated rings. The van der Waals surface area contributed by atoms with Gasteiger partial charge in [-0.2, -0.15) is 5.10 Å². The van der Waals surface area contributed by atoms with Crippen LogP contribution in [0.3, 0.4) is 0 Å². The number of anilines is 1. The number of nitrogens with zero attached hydrogens (tertiary/aromatic N) is 4. The summed E-state index contributed by atoms with van der Waals surface area (Å²) < 4.78 is 27.1. The van der Waals surface area contributed by atoms with E-state index in [-0.39, 0.29) is 21.9 Å². The van der Waals surface area contributed by atoms with Crippen LogP contribution in [0.5, 0.6) is 5.75 Å². The summed E-state index contributed by atoms with van der Waals surface area (Å²) in [6, 6.07) is 5.53. The van der Waals surface area contributed by atoms with E-state index >= 15 is 0 Å². The Bertz CT molecular complexity index is 1150. The maximum absolute atomic E-state index is 12.7. The van der Waals surface area contributed by atoms with Gasteiger partial charge in [0.25, 0.3) is 5.91 Å². The van der Waals surface area contributed by atoms with Crippen molar-refractivity contribution in [3.8, 4) is 5.75 Å². The molecule has 2 heterocycles. The molecule has 0 saturated carbocycles. The average Bonchev–Trinajstić information content (AvgIpc) is 3.00. The molecule has 2 aromatic heterocycles. The number of phenolic OH excluding ortho intramolecular Hbond substituents is 1.